The summed E-state index contributed by atoms with van der Waals surface area (Å²) in [5.74, 6) is -0.794. The van der Waals surface area contributed by atoms with Crippen LogP contribution in [-0.2, 0) is 0 Å². The summed E-state index contributed by atoms with van der Waals surface area (Å²) in [6, 6.07) is 4.79. The van der Waals surface area contributed by atoms with E-state index in [1.54, 1.807) is 18.5 Å². The number of fused-ring (bicyclic) bond motifs is 1. The molecule has 0 radical (unpaired) electrons. The van der Waals surface area contributed by atoms with Crippen molar-refractivity contribution in [3.05, 3.63) is 48.4 Å². The predicted octanol–water partition coefficient (Wildman–Crippen LogP) is 2.63. The second-order valence-electron chi connectivity index (χ2n) is 9.00. The fourth-order valence-electron chi connectivity index (χ4n) is 5.21. The lowest BCUT2D eigenvalue weighted by molar-refractivity contribution is 0.371. The van der Waals surface area contributed by atoms with E-state index in [9.17, 15) is 8.78 Å². The van der Waals surface area contributed by atoms with Crippen molar-refractivity contribution in [1.82, 2.24) is 40.3 Å². The molecule has 1 unspecified atom stereocenters. The molecule has 180 valence electrons. The molecule has 0 amide bonds. The number of pyridine rings is 1. The van der Waals surface area contributed by atoms with Gasteiger partial charge in [-0.05, 0) is 66.4 Å². The summed E-state index contributed by atoms with van der Waals surface area (Å²) in [4.78, 5) is 4.30. The van der Waals surface area contributed by atoms with Gasteiger partial charge in [0.25, 0.3) is 0 Å². The molecule has 3 N–H and O–H groups in total. The van der Waals surface area contributed by atoms with Crippen LogP contribution < -0.4 is 15.8 Å². The molecule has 1 aliphatic heterocycles. The molecule has 4 heterocycles. The van der Waals surface area contributed by atoms with Gasteiger partial charge in [-0.2, -0.15) is 14.2 Å². The van der Waals surface area contributed by atoms with Crippen LogP contribution >= 0.6 is 0 Å². The smallest absolute Gasteiger partial charge is 0.202 e. The van der Waals surface area contributed by atoms with Crippen LogP contribution in [0.15, 0.2) is 36.8 Å². The largest absolute Gasteiger partial charge is 0.494 e. The van der Waals surface area contributed by atoms with Crippen LogP contribution in [0.25, 0.3) is 28.2 Å². The second-order valence-corrected chi connectivity index (χ2v) is 9.00. The van der Waals surface area contributed by atoms with E-state index < -0.39 is 11.6 Å². The van der Waals surface area contributed by atoms with Gasteiger partial charge in [-0.15, -0.1) is 5.10 Å². The van der Waals surface area contributed by atoms with Crippen LogP contribution in [0.5, 0.6) is 5.75 Å². The Labute approximate surface area is 199 Å². The van der Waals surface area contributed by atoms with E-state index in [4.69, 9.17) is 10.5 Å². The van der Waals surface area contributed by atoms with Gasteiger partial charge < -0.3 is 15.8 Å². The summed E-state index contributed by atoms with van der Waals surface area (Å²) >= 11 is 0. The summed E-state index contributed by atoms with van der Waals surface area (Å²) in [6.07, 6.45) is 7.68. The molecule has 10 nitrogen and oxygen atoms in total. The van der Waals surface area contributed by atoms with E-state index in [1.165, 1.54) is 19.2 Å². The van der Waals surface area contributed by atoms with Gasteiger partial charge in [0.15, 0.2) is 17.4 Å². The summed E-state index contributed by atoms with van der Waals surface area (Å²) in [5.41, 5.74) is 7.98. The Bertz CT molecular complexity index is 1390. The number of nitrogens with one attached hydrogen (secondary N) is 1. The number of tetrazole rings is 1. The molecular weight excluding hydrogens is 456 g/mol. The van der Waals surface area contributed by atoms with E-state index >= 15 is 0 Å². The maximum atomic E-state index is 14.8. The third-order valence-electron chi connectivity index (χ3n) is 7.04. The molecule has 1 saturated heterocycles. The Morgan fingerprint density at radius 1 is 1.09 bits per heavy atom. The van der Waals surface area contributed by atoms with E-state index in [1.807, 2.05) is 10.9 Å². The first-order chi connectivity index (χ1) is 17.0. The molecule has 1 aromatic carbocycles. The first-order valence-corrected chi connectivity index (χ1v) is 11.4. The zero-order valence-corrected chi connectivity index (χ0v) is 18.9. The number of benzene rings is 1. The number of nitrogen functional groups attached to an aromatic ring is 1. The van der Waals surface area contributed by atoms with Gasteiger partial charge in [0.05, 0.1) is 24.9 Å². The van der Waals surface area contributed by atoms with E-state index in [-0.39, 0.29) is 23.1 Å². The van der Waals surface area contributed by atoms with Crippen LogP contribution in [0.2, 0.25) is 0 Å². The maximum absolute atomic E-state index is 14.8. The first kappa shape index (κ1) is 21.6. The molecule has 2 aliphatic rings. The second kappa shape index (κ2) is 8.38. The SMILES string of the molecule is COc1ccc(-n2nnnc2-c2cc(-c3cnn(C4C[C@H]5CNC[C@H]5C4)c3)cnc2N)c(F)c1F. The highest BCUT2D eigenvalue weighted by molar-refractivity contribution is 5.76. The lowest BCUT2D eigenvalue weighted by Crippen LogP contribution is -2.14. The maximum Gasteiger partial charge on any atom is 0.202 e. The zero-order chi connectivity index (χ0) is 24.1. The van der Waals surface area contributed by atoms with Crippen molar-refractivity contribution in [2.45, 2.75) is 18.9 Å². The molecule has 35 heavy (non-hydrogen) atoms. The average Bonchev–Trinajstić information content (AvgIpc) is 3.64. The minimum atomic E-state index is -1.14. The highest BCUT2D eigenvalue weighted by Crippen LogP contribution is 2.41. The van der Waals surface area contributed by atoms with Crippen LogP contribution in [0.4, 0.5) is 14.6 Å². The third kappa shape index (κ3) is 3.60. The zero-order valence-electron chi connectivity index (χ0n) is 18.9. The van der Waals surface area contributed by atoms with Gasteiger partial charge in [-0.3, -0.25) is 4.68 Å². The number of halogens is 2. The molecule has 2 fully saturated rings. The number of ether oxygens (including phenoxy) is 1. The molecule has 0 bridgehead atoms. The van der Waals surface area contributed by atoms with Crippen molar-refractivity contribution >= 4 is 5.82 Å². The lowest BCUT2D eigenvalue weighted by atomic mass is 10.0. The van der Waals surface area contributed by atoms with Gasteiger partial charge in [0, 0.05) is 23.5 Å². The summed E-state index contributed by atoms with van der Waals surface area (Å²) < 4.78 is 37.0. The van der Waals surface area contributed by atoms with Crippen LogP contribution in [0, 0.1) is 23.5 Å². The Morgan fingerprint density at radius 3 is 2.66 bits per heavy atom. The molecule has 4 aromatic rings. The van der Waals surface area contributed by atoms with Gasteiger partial charge in [-0.25, -0.2) is 9.37 Å². The Kier molecular flexibility index (Phi) is 5.17. The average molecular weight is 479 g/mol. The first-order valence-electron chi connectivity index (χ1n) is 11.4. The molecular formula is C23H23F2N9O. The summed E-state index contributed by atoms with van der Waals surface area (Å²) in [6.45, 7) is 2.15. The molecule has 1 saturated carbocycles. The van der Waals surface area contributed by atoms with Crippen molar-refractivity contribution in [2.75, 3.05) is 25.9 Å². The number of hydrogen-bond donors (Lipinski definition) is 2. The van der Waals surface area contributed by atoms with Gasteiger partial charge in [0.2, 0.25) is 5.82 Å². The highest BCUT2D eigenvalue weighted by Gasteiger charge is 2.38. The van der Waals surface area contributed by atoms with Crippen molar-refractivity contribution in [1.29, 1.82) is 0 Å². The quantitative estimate of drug-likeness (QED) is 0.448. The number of rotatable bonds is 5. The number of nitrogens with two attached hydrogens (primary N) is 1. The number of nitrogens with zero attached hydrogens (tertiary/aromatic N) is 7. The number of anilines is 1. The highest BCUT2D eigenvalue weighted by atomic mass is 19.2. The molecule has 3 aromatic heterocycles. The predicted molar refractivity (Wildman–Crippen MR) is 123 cm³/mol. The van der Waals surface area contributed by atoms with Crippen LogP contribution in [0.3, 0.4) is 0 Å². The van der Waals surface area contributed by atoms with Gasteiger partial charge in [-0.1, -0.05) is 0 Å². The van der Waals surface area contributed by atoms with Crippen LogP contribution in [-0.4, -0.2) is 55.2 Å². The Morgan fingerprint density at radius 2 is 1.89 bits per heavy atom. The number of methoxy groups -OCH3 is 1. The Hall–Kier alpha value is -3.93. The van der Waals surface area contributed by atoms with Crippen molar-refractivity contribution < 1.29 is 13.5 Å². The Balaban J connectivity index is 1.34. The fraction of sp³-hybridized carbons (Fsp3) is 0.348. The standard InChI is InChI=1S/C23H23F2N9O/c1-35-19-3-2-18(20(24)21(19)25)34-23(30-31-32-34)17-6-14(9-28-22(17)26)15-10-29-33(11-15)16-4-12-7-27-8-13(12)5-16/h2-3,6,9-13,16,27H,4-5,7-8H2,1H3,(H2,26,28)/t12-,13+,16?. The van der Waals surface area contributed by atoms with Gasteiger partial charge >= 0.3 is 0 Å². The number of hydrogen-bond acceptors (Lipinski definition) is 8. The van der Waals surface area contributed by atoms with Crippen molar-refractivity contribution in [3.63, 3.8) is 0 Å². The molecule has 6 rings (SSSR count). The summed E-state index contributed by atoms with van der Waals surface area (Å²) in [7, 11) is 1.26. The number of aromatic nitrogens is 7. The molecule has 12 heteroatoms. The normalized spacial score (nSPS) is 21.4. The molecule has 0 spiro atoms. The monoisotopic (exact) mass is 479 g/mol. The van der Waals surface area contributed by atoms with Crippen molar-refractivity contribution in [2.24, 2.45) is 11.8 Å². The fourth-order valence-corrected chi connectivity index (χ4v) is 5.21. The van der Waals surface area contributed by atoms with E-state index in [0.29, 0.717) is 23.4 Å². The molecule has 1 aliphatic carbocycles. The summed E-state index contributed by atoms with van der Waals surface area (Å²) in [5, 5.41) is 19.6. The van der Waals surface area contributed by atoms with Gasteiger partial charge in [0.1, 0.15) is 11.5 Å². The topological polar surface area (TPSA) is 122 Å². The van der Waals surface area contributed by atoms with Crippen LogP contribution in [0.1, 0.15) is 18.9 Å². The van der Waals surface area contributed by atoms with E-state index in [0.717, 1.165) is 41.7 Å². The minimum Gasteiger partial charge on any atom is -0.494 e. The van der Waals surface area contributed by atoms with E-state index in [2.05, 4.69) is 30.9 Å². The lowest BCUT2D eigenvalue weighted by Gasteiger charge is -2.12. The third-order valence-corrected chi connectivity index (χ3v) is 7.04. The van der Waals surface area contributed by atoms with Crippen molar-refractivity contribution in [3.8, 4) is 34.0 Å². The minimum absolute atomic E-state index is 0.129. The molecule has 3 atom stereocenters.